The molecule has 0 aliphatic carbocycles. The largest absolute Gasteiger partial charge is 0.479 e. The number of aliphatic hydroxyl groups is 3. The highest BCUT2D eigenvalue weighted by Gasteiger charge is 2.47. The second-order valence-corrected chi connectivity index (χ2v) is 14.8. The second-order valence-electron chi connectivity index (χ2n) is 14.8. The number of hydrogen-bond acceptors (Lipinski definition) is 10. The lowest BCUT2D eigenvalue weighted by atomic mass is 9.99. The fourth-order valence-electron chi connectivity index (χ4n) is 5.83. The predicted octanol–water partition coefficient (Wildman–Crippen LogP) is 9.97. The minimum Gasteiger partial charge on any atom is -0.479 e. The van der Waals surface area contributed by atoms with E-state index in [0.717, 1.165) is 89.9 Å². The molecule has 1 rings (SSSR count). The minimum atomic E-state index is -1.88. The minimum absolute atomic E-state index is 0.0967. The average Bonchev–Trinajstić information content (AvgIpc) is 3.26. The summed E-state index contributed by atoms with van der Waals surface area (Å²) < 4.78 is 21.6. The second kappa shape index (κ2) is 39.5. The van der Waals surface area contributed by atoms with Crippen molar-refractivity contribution in [1.82, 2.24) is 0 Å². The molecule has 0 amide bonds. The van der Waals surface area contributed by atoms with Gasteiger partial charge in [0.1, 0.15) is 24.9 Å². The number of hydrogen-bond donors (Lipinski definition) is 4. The summed E-state index contributed by atoms with van der Waals surface area (Å²) in [6, 6.07) is 0. The SMILES string of the molecule is CC/C=C\C/C=C\C/C=C\C/C=C\C/C=C\C/C=C\CCC(=O)OCC(COC1OC(C(=O)O)C(O)C(O)C1O)OC(=O)CCCCCC/C=C\C/C=C\C/C=C\C/C=C\CC. The van der Waals surface area contributed by atoms with E-state index in [0.29, 0.717) is 12.8 Å². The van der Waals surface area contributed by atoms with Gasteiger partial charge in [-0.1, -0.05) is 148 Å². The lowest BCUT2D eigenvalue weighted by molar-refractivity contribution is -0.298. The Morgan fingerprint density at radius 3 is 1.40 bits per heavy atom. The van der Waals surface area contributed by atoms with Crippen molar-refractivity contribution in [2.75, 3.05) is 13.2 Å². The van der Waals surface area contributed by atoms with Crippen LogP contribution in [0.25, 0.3) is 0 Å². The maximum absolute atomic E-state index is 12.8. The van der Waals surface area contributed by atoms with E-state index in [1.165, 1.54) is 0 Å². The molecule has 346 valence electrons. The van der Waals surface area contributed by atoms with Crippen LogP contribution < -0.4 is 0 Å². The number of allylic oxidation sites excluding steroid dienone is 20. The van der Waals surface area contributed by atoms with Crippen molar-refractivity contribution in [2.45, 2.75) is 166 Å². The van der Waals surface area contributed by atoms with Crippen molar-refractivity contribution in [3.63, 3.8) is 0 Å². The molecule has 1 aliphatic rings. The molecule has 0 aromatic carbocycles. The molecule has 11 heteroatoms. The summed E-state index contributed by atoms with van der Waals surface area (Å²) in [4.78, 5) is 36.8. The summed E-state index contributed by atoms with van der Waals surface area (Å²) in [7, 11) is 0. The third-order valence-electron chi connectivity index (χ3n) is 9.32. The van der Waals surface area contributed by atoms with E-state index in [4.69, 9.17) is 18.9 Å². The highest BCUT2D eigenvalue weighted by Crippen LogP contribution is 2.23. The van der Waals surface area contributed by atoms with Crippen molar-refractivity contribution in [1.29, 1.82) is 0 Å². The Kier molecular flexibility index (Phi) is 35.4. The molecule has 0 radical (unpaired) electrons. The van der Waals surface area contributed by atoms with Crippen molar-refractivity contribution >= 4 is 17.9 Å². The normalized spacial score (nSPS) is 20.7. The monoisotopic (exact) mass is 865 g/mol. The fraction of sp³-hybridized carbons (Fsp3) is 0.549. The van der Waals surface area contributed by atoms with Gasteiger partial charge in [-0.15, -0.1) is 0 Å². The Balaban J connectivity index is 2.46. The summed E-state index contributed by atoms with van der Waals surface area (Å²) in [5.41, 5.74) is 0. The number of carbonyl (C=O) groups is 3. The lowest BCUT2D eigenvalue weighted by Gasteiger charge is -2.38. The fourth-order valence-corrected chi connectivity index (χ4v) is 5.83. The van der Waals surface area contributed by atoms with Crippen LogP contribution in [0.1, 0.15) is 129 Å². The van der Waals surface area contributed by atoms with Gasteiger partial charge >= 0.3 is 17.9 Å². The van der Waals surface area contributed by atoms with E-state index in [9.17, 15) is 34.8 Å². The number of rotatable bonds is 35. The zero-order chi connectivity index (χ0) is 45.3. The van der Waals surface area contributed by atoms with Gasteiger partial charge in [-0.05, 0) is 89.9 Å². The summed E-state index contributed by atoms with van der Waals surface area (Å²) in [5.74, 6) is -2.60. The van der Waals surface area contributed by atoms with E-state index in [1.807, 2.05) is 12.2 Å². The zero-order valence-corrected chi connectivity index (χ0v) is 37.3. The molecule has 0 saturated carbocycles. The van der Waals surface area contributed by atoms with Gasteiger partial charge in [-0.25, -0.2) is 4.79 Å². The molecule has 1 saturated heterocycles. The third kappa shape index (κ3) is 30.6. The quantitative estimate of drug-likeness (QED) is 0.0272. The number of carboxylic acid groups (broad SMARTS) is 1. The van der Waals surface area contributed by atoms with E-state index in [-0.39, 0.29) is 19.4 Å². The number of carboxylic acids is 1. The van der Waals surface area contributed by atoms with Crippen molar-refractivity contribution in [3.8, 4) is 0 Å². The van der Waals surface area contributed by atoms with Crippen LogP contribution in [0.4, 0.5) is 0 Å². The van der Waals surface area contributed by atoms with Crippen molar-refractivity contribution in [2.24, 2.45) is 0 Å². The average molecular weight is 865 g/mol. The topological polar surface area (TPSA) is 169 Å². The maximum atomic E-state index is 12.8. The van der Waals surface area contributed by atoms with Crippen LogP contribution in [0.2, 0.25) is 0 Å². The van der Waals surface area contributed by atoms with E-state index >= 15 is 0 Å². The molecule has 4 N–H and O–H groups in total. The highest BCUT2D eigenvalue weighted by atomic mass is 16.7. The summed E-state index contributed by atoms with van der Waals surface area (Å²) in [5, 5.41) is 39.8. The smallest absolute Gasteiger partial charge is 0.335 e. The van der Waals surface area contributed by atoms with Gasteiger partial charge in [0.15, 0.2) is 18.5 Å². The Labute approximate surface area is 371 Å². The van der Waals surface area contributed by atoms with Crippen LogP contribution in [-0.2, 0) is 33.3 Å². The zero-order valence-electron chi connectivity index (χ0n) is 37.3. The number of aliphatic carboxylic acids is 1. The van der Waals surface area contributed by atoms with Crippen LogP contribution in [0.15, 0.2) is 122 Å². The van der Waals surface area contributed by atoms with Crippen LogP contribution in [0, 0.1) is 0 Å². The first-order valence-corrected chi connectivity index (χ1v) is 22.6. The Morgan fingerprint density at radius 2 is 0.935 bits per heavy atom. The Hall–Kier alpha value is -4.39. The van der Waals surface area contributed by atoms with Gasteiger partial charge in [-0.3, -0.25) is 9.59 Å². The van der Waals surface area contributed by atoms with Crippen LogP contribution in [0.3, 0.4) is 0 Å². The third-order valence-corrected chi connectivity index (χ3v) is 9.32. The first kappa shape index (κ1) is 55.6. The van der Waals surface area contributed by atoms with E-state index in [1.54, 1.807) is 0 Å². The Bertz CT molecular complexity index is 1480. The van der Waals surface area contributed by atoms with Crippen molar-refractivity contribution < 1.29 is 53.8 Å². The molecule has 0 spiro atoms. The Morgan fingerprint density at radius 1 is 0.500 bits per heavy atom. The van der Waals surface area contributed by atoms with Gasteiger partial charge in [0, 0.05) is 12.8 Å². The van der Waals surface area contributed by atoms with E-state index in [2.05, 4.69) is 123 Å². The van der Waals surface area contributed by atoms with Crippen molar-refractivity contribution in [3.05, 3.63) is 122 Å². The van der Waals surface area contributed by atoms with Crippen LogP contribution in [0.5, 0.6) is 0 Å². The molecule has 11 nitrogen and oxygen atoms in total. The first-order chi connectivity index (χ1) is 30.2. The highest BCUT2D eigenvalue weighted by molar-refractivity contribution is 5.73. The number of unbranched alkanes of at least 4 members (excludes halogenated alkanes) is 4. The molecule has 1 fully saturated rings. The molecule has 6 unspecified atom stereocenters. The molecule has 62 heavy (non-hydrogen) atoms. The van der Waals surface area contributed by atoms with E-state index < -0.39 is 61.3 Å². The van der Waals surface area contributed by atoms with Gasteiger partial charge in [0.25, 0.3) is 0 Å². The van der Waals surface area contributed by atoms with Gasteiger partial charge in [0.2, 0.25) is 0 Å². The number of aliphatic hydroxyl groups excluding tert-OH is 3. The summed E-state index contributed by atoms with van der Waals surface area (Å²) in [6.07, 6.45) is 46.9. The predicted molar refractivity (Wildman–Crippen MR) is 247 cm³/mol. The maximum Gasteiger partial charge on any atom is 0.335 e. The number of ether oxygens (including phenoxy) is 4. The van der Waals surface area contributed by atoms with Gasteiger partial charge < -0.3 is 39.4 Å². The lowest BCUT2D eigenvalue weighted by Crippen LogP contribution is -2.60. The molecular formula is C51H76O11. The van der Waals surface area contributed by atoms with Gasteiger partial charge in [-0.2, -0.15) is 0 Å². The number of esters is 2. The molecule has 6 atom stereocenters. The summed E-state index contributed by atoms with van der Waals surface area (Å²) >= 11 is 0. The summed E-state index contributed by atoms with van der Waals surface area (Å²) in [6.45, 7) is 3.48. The number of carbonyl (C=O) groups excluding carboxylic acids is 2. The standard InChI is InChI=1S/C51H76O11/c1-3-5-7-9-11-13-15-17-19-21-22-24-25-27-29-31-33-35-37-39-44(52)59-41-43(42-60-51-48(56)46(54)47(55)49(62-51)50(57)58)61-45(53)40-38-36-34-32-30-28-26-23-20-18-16-14-12-10-8-6-4-2/h5-8,11-14,17-20,22,24,26-29,33,35,43,46-49,51,54-56H,3-4,9-10,15-16,21,23,25,30-32,34,36-42H2,1-2H3,(H,57,58)/b7-5-,8-6-,13-11-,14-12-,19-17-,20-18-,24-22-,28-26-,29-27-,35-33-. The molecule has 0 aromatic heterocycles. The first-order valence-electron chi connectivity index (χ1n) is 22.6. The molecule has 1 heterocycles. The van der Waals surface area contributed by atoms with Crippen LogP contribution in [-0.4, -0.2) is 88.4 Å². The molecule has 0 bridgehead atoms. The molecule has 0 aromatic rings. The van der Waals surface area contributed by atoms with Gasteiger partial charge in [0.05, 0.1) is 6.61 Å². The van der Waals surface area contributed by atoms with Crippen LogP contribution >= 0.6 is 0 Å². The molecular weight excluding hydrogens is 789 g/mol. The molecule has 1 aliphatic heterocycles.